The van der Waals surface area contributed by atoms with Gasteiger partial charge < -0.3 is 9.64 Å². The van der Waals surface area contributed by atoms with Crippen molar-refractivity contribution < 1.29 is 9.13 Å². The van der Waals surface area contributed by atoms with E-state index >= 15 is 0 Å². The van der Waals surface area contributed by atoms with Crippen LogP contribution in [0.1, 0.15) is 12.8 Å². The number of hydrogen-bond acceptors (Lipinski definition) is 3. The number of rotatable bonds is 2. The van der Waals surface area contributed by atoms with Crippen molar-refractivity contribution in [3.05, 3.63) is 22.6 Å². The number of ether oxygens (including phenoxy) is 1. The zero-order valence-electron chi connectivity index (χ0n) is 9.12. The maximum atomic E-state index is 13.3. The lowest BCUT2D eigenvalue weighted by atomic mass is 10.1. The van der Waals surface area contributed by atoms with Crippen LogP contribution in [0.25, 0.3) is 0 Å². The van der Waals surface area contributed by atoms with Crippen LogP contribution in [0, 0.1) is 5.95 Å². The molecule has 2 heterocycles. The minimum absolute atomic E-state index is 0.224. The van der Waals surface area contributed by atoms with E-state index in [0.717, 1.165) is 25.9 Å². The smallest absolute Gasteiger partial charge is 0.229 e. The van der Waals surface area contributed by atoms with Gasteiger partial charge in [-0.05, 0) is 40.9 Å². The van der Waals surface area contributed by atoms with Gasteiger partial charge in [0.2, 0.25) is 5.95 Å². The summed E-state index contributed by atoms with van der Waals surface area (Å²) < 4.78 is 19.0. The van der Waals surface area contributed by atoms with Crippen molar-refractivity contribution in [2.24, 2.45) is 0 Å². The van der Waals surface area contributed by atoms with Gasteiger partial charge in [0, 0.05) is 20.2 Å². The lowest BCUT2D eigenvalue weighted by Crippen LogP contribution is -2.39. The van der Waals surface area contributed by atoms with Crippen LogP contribution in [0.15, 0.2) is 16.6 Å². The summed E-state index contributed by atoms with van der Waals surface area (Å²) in [7, 11) is 1.71. The van der Waals surface area contributed by atoms with E-state index in [1.54, 1.807) is 13.2 Å². The van der Waals surface area contributed by atoms with Gasteiger partial charge in [0.15, 0.2) is 0 Å². The fourth-order valence-corrected chi connectivity index (χ4v) is 2.14. The van der Waals surface area contributed by atoms with E-state index in [9.17, 15) is 4.39 Å². The first kappa shape index (κ1) is 11.8. The average molecular weight is 289 g/mol. The van der Waals surface area contributed by atoms with Crippen LogP contribution in [-0.2, 0) is 4.74 Å². The number of pyridine rings is 1. The number of aromatic nitrogens is 1. The van der Waals surface area contributed by atoms with Crippen molar-refractivity contribution in [3.63, 3.8) is 0 Å². The maximum Gasteiger partial charge on any atom is 0.229 e. The van der Waals surface area contributed by atoms with Gasteiger partial charge >= 0.3 is 0 Å². The number of piperidine rings is 1. The molecule has 0 unspecified atom stereocenters. The van der Waals surface area contributed by atoms with Gasteiger partial charge in [-0.25, -0.2) is 4.98 Å². The molecule has 0 aliphatic carbocycles. The van der Waals surface area contributed by atoms with Gasteiger partial charge in [-0.2, -0.15) is 4.39 Å². The van der Waals surface area contributed by atoms with Crippen molar-refractivity contribution >= 4 is 21.7 Å². The normalized spacial score (nSPS) is 21.2. The fourth-order valence-electron chi connectivity index (χ4n) is 1.92. The van der Waals surface area contributed by atoms with E-state index in [1.165, 1.54) is 0 Å². The van der Waals surface area contributed by atoms with E-state index in [0.29, 0.717) is 10.3 Å². The summed E-state index contributed by atoms with van der Waals surface area (Å²) >= 11 is 3.10. The number of hydrogen-bond donors (Lipinski definition) is 0. The zero-order chi connectivity index (χ0) is 11.5. The number of anilines is 1. The molecule has 0 bridgehead atoms. The second kappa shape index (κ2) is 5.10. The highest BCUT2D eigenvalue weighted by Crippen LogP contribution is 2.22. The highest BCUT2D eigenvalue weighted by molar-refractivity contribution is 9.10. The Labute approximate surface area is 103 Å². The number of nitrogens with zero attached hydrogens (tertiary/aromatic N) is 2. The largest absolute Gasteiger partial charge is 0.380 e. The average Bonchev–Trinajstić information content (AvgIpc) is 2.33. The third-order valence-corrected chi connectivity index (χ3v) is 3.42. The Morgan fingerprint density at radius 1 is 1.56 bits per heavy atom. The molecular formula is C11H14BrFN2O. The van der Waals surface area contributed by atoms with Crippen LogP contribution in [-0.4, -0.2) is 31.3 Å². The van der Waals surface area contributed by atoms with E-state index in [1.807, 2.05) is 6.07 Å². The molecule has 2 rings (SSSR count). The van der Waals surface area contributed by atoms with Gasteiger partial charge in [-0.3, -0.25) is 0 Å². The molecule has 0 aromatic carbocycles. The molecule has 1 aromatic heterocycles. The van der Waals surface area contributed by atoms with E-state index in [2.05, 4.69) is 25.8 Å². The summed E-state index contributed by atoms with van der Waals surface area (Å²) in [4.78, 5) is 5.98. The molecule has 5 heteroatoms. The van der Waals surface area contributed by atoms with Gasteiger partial charge in [-0.1, -0.05) is 0 Å². The quantitative estimate of drug-likeness (QED) is 0.783. The third kappa shape index (κ3) is 2.52. The third-order valence-electron chi connectivity index (χ3n) is 2.82. The van der Waals surface area contributed by atoms with Crippen LogP contribution in [0.4, 0.5) is 10.2 Å². The second-order valence-electron chi connectivity index (χ2n) is 3.89. The number of methoxy groups -OCH3 is 1. The minimum atomic E-state index is -0.461. The Balaban J connectivity index is 2.13. The summed E-state index contributed by atoms with van der Waals surface area (Å²) in [5.74, 6) is 0.222. The van der Waals surface area contributed by atoms with Crippen molar-refractivity contribution in [2.45, 2.75) is 18.9 Å². The molecule has 1 fully saturated rings. The van der Waals surface area contributed by atoms with Crippen LogP contribution >= 0.6 is 15.9 Å². The molecule has 1 saturated heterocycles. The topological polar surface area (TPSA) is 25.4 Å². The monoisotopic (exact) mass is 288 g/mol. The molecule has 1 aliphatic rings. The standard InChI is InChI=1S/C11H14BrFN2O/c1-16-8-3-2-6-15(7-8)10-5-4-9(12)11(13)14-10/h4-5,8H,2-3,6-7H2,1H3/t8-/m0/s1. The van der Waals surface area contributed by atoms with Crippen molar-refractivity contribution in [1.29, 1.82) is 0 Å². The molecule has 1 aliphatic heterocycles. The summed E-state index contributed by atoms with van der Waals surface area (Å²) in [5, 5.41) is 0. The predicted molar refractivity (Wildman–Crippen MR) is 64.1 cm³/mol. The first-order valence-electron chi connectivity index (χ1n) is 5.30. The van der Waals surface area contributed by atoms with Crippen molar-refractivity contribution in [2.75, 3.05) is 25.1 Å². The molecule has 3 nitrogen and oxygen atoms in total. The second-order valence-corrected chi connectivity index (χ2v) is 4.74. The lowest BCUT2D eigenvalue weighted by Gasteiger charge is -2.32. The molecule has 0 amide bonds. The van der Waals surface area contributed by atoms with Gasteiger partial charge in [0.25, 0.3) is 0 Å². The molecule has 16 heavy (non-hydrogen) atoms. The van der Waals surface area contributed by atoms with Crippen molar-refractivity contribution in [1.82, 2.24) is 4.98 Å². The van der Waals surface area contributed by atoms with E-state index < -0.39 is 5.95 Å². The predicted octanol–water partition coefficient (Wildman–Crippen LogP) is 2.60. The molecule has 0 radical (unpaired) electrons. The number of halogens is 2. The molecule has 1 aromatic rings. The van der Waals surface area contributed by atoms with Crippen molar-refractivity contribution in [3.8, 4) is 0 Å². The van der Waals surface area contributed by atoms with Crippen LogP contribution in [0.3, 0.4) is 0 Å². The van der Waals surface area contributed by atoms with E-state index in [4.69, 9.17) is 4.74 Å². The van der Waals surface area contributed by atoms with Crippen LogP contribution in [0.5, 0.6) is 0 Å². The summed E-state index contributed by atoms with van der Waals surface area (Å²) in [6.45, 7) is 1.69. The Bertz CT molecular complexity index is 375. The molecule has 88 valence electrons. The first-order valence-corrected chi connectivity index (χ1v) is 6.10. The minimum Gasteiger partial charge on any atom is -0.380 e. The summed E-state index contributed by atoms with van der Waals surface area (Å²) in [6, 6.07) is 3.51. The lowest BCUT2D eigenvalue weighted by molar-refractivity contribution is 0.0891. The maximum absolute atomic E-state index is 13.3. The van der Waals surface area contributed by atoms with Crippen LogP contribution in [0.2, 0.25) is 0 Å². The van der Waals surface area contributed by atoms with Gasteiger partial charge in [0.05, 0.1) is 10.6 Å². The Hall–Kier alpha value is -0.680. The van der Waals surface area contributed by atoms with Gasteiger partial charge in [-0.15, -0.1) is 0 Å². The first-order chi connectivity index (χ1) is 7.70. The Morgan fingerprint density at radius 2 is 2.38 bits per heavy atom. The highest BCUT2D eigenvalue weighted by Gasteiger charge is 2.20. The van der Waals surface area contributed by atoms with Gasteiger partial charge in [0.1, 0.15) is 5.82 Å². The summed E-state index contributed by atoms with van der Waals surface area (Å²) in [6.07, 6.45) is 2.34. The van der Waals surface area contributed by atoms with E-state index in [-0.39, 0.29) is 6.10 Å². The fraction of sp³-hybridized carbons (Fsp3) is 0.545. The Kier molecular flexibility index (Phi) is 3.76. The zero-order valence-corrected chi connectivity index (χ0v) is 10.7. The molecular weight excluding hydrogens is 275 g/mol. The molecule has 0 spiro atoms. The van der Waals surface area contributed by atoms with Crippen LogP contribution < -0.4 is 4.90 Å². The molecule has 0 N–H and O–H groups in total. The SMILES string of the molecule is CO[C@H]1CCCN(c2ccc(Br)c(F)n2)C1. The Morgan fingerprint density at radius 3 is 3.06 bits per heavy atom. The molecule has 1 atom stereocenters. The summed E-state index contributed by atoms with van der Waals surface area (Å²) in [5.41, 5.74) is 0. The highest BCUT2D eigenvalue weighted by atomic mass is 79.9. The molecule has 0 saturated carbocycles.